The van der Waals surface area contributed by atoms with Gasteiger partial charge in [-0.2, -0.15) is 0 Å². The van der Waals surface area contributed by atoms with E-state index in [0.29, 0.717) is 34.6 Å². The van der Waals surface area contributed by atoms with E-state index in [1.165, 1.54) is 28.4 Å². The highest BCUT2D eigenvalue weighted by Crippen LogP contribution is 2.39. The topological polar surface area (TPSA) is 51.7 Å². The van der Waals surface area contributed by atoms with Gasteiger partial charge in [0.2, 0.25) is 0 Å². The minimum Gasteiger partial charge on any atom is -0.494 e. The van der Waals surface area contributed by atoms with Gasteiger partial charge >= 0.3 is 0 Å². The van der Waals surface area contributed by atoms with Gasteiger partial charge in [0.25, 0.3) is 5.91 Å². The monoisotopic (exact) mass is 454 g/mol. The van der Waals surface area contributed by atoms with Gasteiger partial charge in [-0.15, -0.1) is 0 Å². The van der Waals surface area contributed by atoms with Crippen LogP contribution in [0.15, 0.2) is 30.3 Å². The summed E-state index contributed by atoms with van der Waals surface area (Å²) in [7, 11) is 1.55. The van der Waals surface area contributed by atoms with E-state index in [0.717, 1.165) is 23.6 Å². The Bertz CT molecular complexity index is 1070. The van der Waals surface area contributed by atoms with Crippen LogP contribution in [0.4, 0.5) is 9.52 Å². The number of ether oxygens (including phenoxy) is 2. The van der Waals surface area contributed by atoms with Crippen LogP contribution in [0, 0.1) is 5.82 Å². The van der Waals surface area contributed by atoms with Crippen LogP contribution in [0.5, 0.6) is 5.75 Å². The fraction of sp³-hybridized carbons (Fsp3) is 0.300. The minimum atomic E-state index is -0.506. The fourth-order valence-electron chi connectivity index (χ4n) is 3.27. The molecule has 1 unspecified atom stereocenters. The zero-order valence-corrected chi connectivity index (χ0v) is 17.8. The summed E-state index contributed by atoms with van der Waals surface area (Å²) in [4.78, 5) is 19.5. The molecule has 0 radical (unpaired) electrons. The van der Waals surface area contributed by atoms with Gasteiger partial charge in [-0.25, -0.2) is 9.37 Å². The van der Waals surface area contributed by atoms with Gasteiger partial charge in [-0.05, 0) is 43.2 Å². The molecule has 1 aliphatic rings. The number of fused-ring (bicyclic) bond motifs is 1. The Balaban J connectivity index is 1.79. The number of aromatic nitrogens is 1. The van der Waals surface area contributed by atoms with Crippen molar-refractivity contribution in [3.8, 4) is 5.75 Å². The number of hydrogen-bond donors (Lipinski definition) is 0. The van der Waals surface area contributed by atoms with Crippen molar-refractivity contribution in [3.05, 3.63) is 51.8 Å². The Kier molecular flexibility index (Phi) is 5.92. The minimum absolute atomic E-state index is 0.0454. The normalized spacial score (nSPS) is 16.3. The number of carbonyl (C=O) groups excluding carboxylic acids is 1. The number of methoxy groups -OCH3 is 1. The van der Waals surface area contributed by atoms with Crippen LogP contribution in [0.25, 0.3) is 10.2 Å². The molecule has 0 aliphatic carbocycles. The molecule has 1 atom stereocenters. The number of nitrogens with zero attached hydrogens (tertiary/aromatic N) is 2. The van der Waals surface area contributed by atoms with Crippen LogP contribution < -0.4 is 9.64 Å². The maximum atomic E-state index is 13.5. The van der Waals surface area contributed by atoms with Crippen molar-refractivity contribution >= 4 is 55.8 Å². The summed E-state index contributed by atoms with van der Waals surface area (Å²) in [5.74, 6) is -0.315. The van der Waals surface area contributed by atoms with Gasteiger partial charge in [0, 0.05) is 6.61 Å². The zero-order valence-electron chi connectivity index (χ0n) is 15.5. The summed E-state index contributed by atoms with van der Waals surface area (Å²) in [6, 6.07) is 7.17. The highest BCUT2D eigenvalue weighted by atomic mass is 35.5. The van der Waals surface area contributed by atoms with Crippen LogP contribution >= 0.6 is 34.5 Å². The summed E-state index contributed by atoms with van der Waals surface area (Å²) in [6.07, 6.45) is 1.67. The number of carbonyl (C=O) groups is 1. The Morgan fingerprint density at radius 2 is 2.17 bits per heavy atom. The standard InChI is InChI=1S/C20H17Cl2FN2O3S/c1-27-16-7-6-14(21)18-17(16)24-20(29-18)25(10-12-3-2-8-28-12)19(26)13-5-4-11(23)9-15(13)22/h4-7,9,12H,2-3,8,10H2,1H3. The van der Waals surface area contributed by atoms with Crippen LogP contribution in [-0.2, 0) is 4.74 Å². The summed E-state index contributed by atoms with van der Waals surface area (Å²) in [5.41, 5.74) is 0.777. The van der Waals surface area contributed by atoms with Gasteiger partial charge in [0.1, 0.15) is 17.1 Å². The molecule has 5 nitrogen and oxygen atoms in total. The number of hydrogen-bond acceptors (Lipinski definition) is 5. The first-order chi connectivity index (χ1) is 14.0. The second-order valence-electron chi connectivity index (χ2n) is 6.60. The highest BCUT2D eigenvalue weighted by molar-refractivity contribution is 7.23. The second-order valence-corrected chi connectivity index (χ2v) is 8.39. The third kappa shape index (κ3) is 4.05. The van der Waals surface area contributed by atoms with Crippen molar-refractivity contribution in [2.24, 2.45) is 0 Å². The molecule has 152 valence electrons. The summed E-state index contributed by atoms with van der Waals surface area (Å²) < 4.78 is 25.3. The molecule has 0 N–H and O–H groups in total. The summed E-state index contributed by atoms with van der Waals surface area (Å²) in [6.45, 7) is 0.968. The number of anilines is 1. The van der Waals surface area contributed by atoms with Gasteiger partial charge in [0.05, 0.1) is 40.1 Å². The maximum Gasteiger partial charge on any atom is 0.261 e. The average Bonchev–Trinajstić information content (AvgIpc) is 3.36. The summed E-state index contributed by atoms with van der Waals surface area (Å²) in [5, 5.41) is 1.02. The summed E-state index contributed by atoms with van der Waals surface area (Å²) >= 11 is 13.8. The van der Waals surface area contributed by atoms with E-state index in [1.807, 2.05) is 0 Å². The molecule has 1 amide bonds. The highest BCUT2D eigenvalue weighted by Gasteiger charge is 2.29. The first-order valence-corrected chi connectivity index (χ1v) is 10.6. The predicted octanol–water partition coefficient (Wildman–Crippen LogP) is 5.58. The van der Waals surface area contributed by atoms with E-state index in [2.05, 4.69) is 4.98 Å². The molecule has 9 heteroatoms. The van der Waals surface area contributed by atoms with Crippen LogP contribution in [0.1, 0.15) is 23.2 Å². The molecule has 4 rings (SSSR count). The van der Waals surface area contributed by atoms with Crippen LogP contribution in [-0.4, -0.2) is 37.3 Å². The Morgan fingerprint density at radius 1 is 1.34 bits per heavy atom. The number of benzene rings is 2. The number of thiazole rings is 1. The van der Waals surface area contributed by atoms with Gasteiger partial charge in [-0.3, -0.25) is 9.69 Å². The average molecular weight is 455 g/mol. The van der Waals surface area contributed by atoms with E-state index in [-0.39, 0.29) is 22.6 Å². The van der Waals surface area contributed by atoms with Crippen molar-refractivity contribution in [2.75, 3.05) is 25.2 Å². The largest absolute Gasteiger partial charge is 0.494 e. The molecule has 0 spiro atoms. The third-order valence-corrected chi connectivity index (χ3v) is 6.57. The molecular weight excluding hydrogens is 438 g/mol. The number of halogens is 3. The molecule has 1 aliphatic heterocycles. The lowest BCUT2D eigenvalue weighted by Gasteiger charge is -2.23. The molecule has 0 saturated carbocycles. The molecule has 2 heterocycles. The van der Waals surface area contributed by atoms with Crippen molar-refractivity contribution in [1.29, 1.82) is 0 Å². The van der Waals surface area contributed by atoms with Crippen LogP contribution in [0.2, 0.25) is 10.0 Å². The lowest BCUT2D eigenvalue weighted by Crippen LogP contribution is -2.37. The van der Waals surface area contributed by atoms with Crippen molar-refractivity contribution < 1.29 is 18.7 Å². The lowest BCUT2D eigenvalue weighted by atomic mass is 10.1. The van der Waals surface area contributed by atoms with E-state index < -0.39 is 5.82 Å². The van der Waals surface area contributed by atoms with Gasteiger partial charge in [0.15, 0.2) is 5.13 Å². The molecule has 1 saturated heterocycles. The smallest absolute Gasteiger partial charge is 0.261 e. The van der Waals surface area contributed by atoms with E-state index in [9.17, 15) is 9.18 Å². The maximum absolute atomic E-state index is 13.5. The SMILES string of the molecule is COc1ccc(Cl)c2sc(N(CC3CCCO3)C(=O)c3ccc(F)cc3Cl)nc12. The first-order valence-electron chi connectivity index (χ1n) is 8.99. The molecule has 29 heavy (non-hydrogen) atoms. The fourth-order valence-corrected chi connectivity index (χ4v) is 4.78. The number of amides is 1. The quantitative estimate of drug-likeness (QED) is 0.504. The van der Waals surface area contributed by atoms with Crippen LogP contribution in [0.3, 0.4) is 0 Å². The Hall–Kier alpha value is -1.93. The van der Waals surface area contributed by atoms with Crippen molar-refractivity contribution in [3.63, 3.8) is 0 Å². The lowest BCUT2D eigenvalue weighted by molar-refractivity contribution is 0.0917. The van der Waals surface area contributed by atoms with Crippen molar-refractivity contribution in [2.45, 2.75) is 18.9 Å². The van der Waals surface area contributed by atoms with E-state index >= 15 is 0 Å². The van der Waals surface area contributed by atoms with Crippen molar-refractivity contribution in [1.82, 2.24) is 4.98 Å². The predicted molar refractivity (Wildman–Crippen MR) is 113 cm³/mol. The van der Waals surface area contributed by atoms with Gasteiger partial charge in [-0.1, -0.05) is 34.5 Å². The first kappa shape index (κ1) is 20.3. The third-order valence-electron chi connectivity index (χ3n) is 4.71. The molecule has 3 aromatic rings. The number of rotatable bonds is 5. The van der Waals surface area contributed by atoms with Gasteiger partial charge < -0.3 is 9.47 Å². The second kappa shape index (κ2) is 8.44. The molecular formula is C20H17Cl2FN2O3S. The van der Waals surface area contributed by atoms with E-state index in [1.54, 1.807) is 19.2 Å². The molecule has 0 bridgehead atoms. The van der Waals surface area contributed by atoms with E-state index in [4.69, 9.17) is 32.7 Å². The molecule has 2 aromatic carbocycles. The molecule has 1 aromatic heterocycles. The Morgan fingerprint density at radius 3 is 2.86 bits per heavy atom. The zero-order chi connectivity index (χ0) is 20.5. The molecule has 1 fully saturated rings. The Labute approximate surface area is 180 Å².